The number of hydrogen-bond donors (Lipinski definition) is 1. The molecule has 0 aliphatic rings. The van der Waals surface area contributed by atoms with Crippen molar-refractivity contribution in [3.8, 4) is 61.8 Å². The Morgan fingerprint density at radius 1 is 0.571 bits per heavy atom. The fraction of sp³-hybridized carbons (Fsp3) is 0.0645. The summed E-state index contributed by atoms with van der Waals surface area (Å²) >= 11 is 0. The van der Waals surface area contributed by atoms with Crippen molar-refractivity contribution in [2.45, 2.75) is 0 Å². The third kappa shape index (κ3) is 4.34. The molecule has 0 spiro atoms. The standard InChI is InChI=1S/C31H25NO3/c1-34-25-14-10-22(11-15-25)29-27(21-7-4-3-5-8-21)19-28(24-9-6-18-32-20-24)30(31(29)33)23-12-16-26(35-2)17-13-23/h3-20,33H,1-2H3. The van der Waals surface area contributed by atoms with E-state index >= 15 is 0 Å². The molecular weight excluding hydrogens is 434 g/mol. The molecule has 0 radical (unpaired) electrons. The fourth-order valence-corrected chi connectivity index (χ4v) is 4.36. The van der Waals surface area contributed by atoms with E-state index in [4.69, 9.17) is 9.47 Å². The number of rotatable bonds is 6. The van der Waals surface area contributed by atoms with Gasteiger partial charge in [-0.1, -0.05) is 60.7 Å². The van der Waals surface area contributed by atoms with Crippen LogP contribution in [-0.4, -0.2) is 24.3 Å². The van der Waals surface area contributed by atoms with Crippen molar-refractivity contribution >= 4 is 0 Å². The maximum atomic E-state index is 12.0. The van der Waals surface area contributed by atoms with Crippen LogP contribution in [-0.2, 0) is 0 Å². The average molecular weight is 460 g/mol. The molecule has 0 bridgehead atoms. The predicted molar refractivity (Wildman–Crippen MR) is 141 cm³/mol. The molecule has 5 rings (SSSR count). The first-order valence-electron chi connectivity index (χ1n) is 11.3. The lowest BCUT2D eigenvalue weighted by Gasteiger charge is -2.21. The van der Waals surface area contributed by atoms with Gasteiger partial charge in [0.25, 0.3) is 0 Å². The van der Waals surface area contributed by atoms with Crippen molar-refractivity contribution in [2.24, 2.45) is 0 Å². The summed E-state index contributed by atoms with van der Waals surface area (Å²) in [6.45, 7) is 0. The summed E-state index contributed by atoms with van der Waals surface area (Å²) < 4.78 is 10.7. The van der Waals surface area contributed by atoms with E-state index in [0.29, 0.717) is 0 Å². The van der Waals surface area contributed by atoms with E-state index in [1.54, 1.807) is 20.4 Å². The van der Waals surface area contributed by atoms with Crippen LogP contribution >= 0.6 is 0 Å². The zero-order valence-electron chi connectivity index (χ0n) is 19.6. The fourth-order valence-electron chi connectivity index (χ4n) is 4.36. The first-order chi connectivity index (χ1) is 17.2. The number of aromatic nitrogens is 1. The first-order valence-corrected chi connectivity index (χ1v) is 11.3. The van der Waals surface area contributed by atoms with Crippen molar-refractivity contribution < 1.29 is 14.6 Å². The number of pyridine rings is 1. The van der Waals surface area contributed by atoms with E-state index < -0.39 is 0 Å². The highest BCUT2D eigenvalue weighted by Crippen LogP contribution is 2.49. The Hall–Kier alpha value is -4.57. The topological polar surface area (TPSA) is 51.6 Å². The van der Waals surface area contributed by atoms with Gasteiger partial charge >= 0.3 is 0 Å². The molecule has 0 saturated carbocycles. The van der Waals surface area contributed by atoms with E-state index in [2.05, 4.69) is 23.2 Å². The largest absolute Gasteiger partial charge is 0.507 e. The van der Waals surface area contributed by atoms with E-state index in [0.717, 1.165) is 56.0 Å². The Morgan fingerprint density at radius 3 is 1.57 bits per heavy atom. The molecule has 1 N–H and O–H groups in total. The number of phenolic OH excluding ortho intramolecular Hbond substituents is 1. The lowest BCUT2D eigenvalue weighted by atomic mass is 9.85. The highest BCUT2D eigenvalue weighted by atomic mass is 16.5. The lowest BCUT2D eigenvalue weighted by molar-refractivity contribution is 0.415. The summed E-state index contributed by atoms with van der Waals surface area (Å²) in [4.78, 5) is 4.34. The van der Waals surface area contributed by atoms with Crippen LogP contribution < -0.4 is 9.47 Å². The molecule has 4 heteroatoms. The van der Waals surface area contributed by atoms with Crippen LogP contribution in [0.4, 0.5) is 0 Å². The molecule has 4 aromatic carbocycles. The first kappa shape index (κ1) is 22.2. The minimum atomic E-state index is 0.209. The molecule has 1 aromatic heterocycles. The second kappa shape index (κ2) is 9.74. The van der Waals surface area contributed by atoms with E-state index in [1.807, 2.05) is 85.1 Å². The Kier molecular flexibility index (Phi) is 6.18. The SMILES string of the molecule is COc1ccc(-c2c(-c3ccccc3)cc(-c3cccnc3)c(-c3ccc(OC)cc3)c2O)cc1. The Balaban J connectivity index is 1.86. The van der Waals surface area contributed by atoms with Gasteiger partial charge in [0.2, 0.25) is 0 Å². The molecule has 0 fully saturated rings. The molecule has 0 aliphatic carbocycles. The van der Waals surface area contributed by atoms with Crippen molar-refractivity contribution in [1.29, 1.82) is 0 Å². The molecule has 1 heterocycles. The number of benzene rings is 4. The van der Waals surface area contributed by atoms with E-state index in [9.17, 15) is 5.11 Å². The molecule has 172 valence electrons. The molecule has 0 unspecified atom stereocenters. The summed E-state index contributed by atoms with van der Waals surface area (Å²) in [5.41, 5.74) is 7.06. The van der Waals surface area contributed by atoms with Crippen LogP contribution in [0.5, 0.6) is 17.2 Å². The van der Waals surface area contributed by atoms with Crippen LogP contribution in [0.25, 0.3) is 44.5 Å². The molecule has 35 heavy (non-hydrogen) atoms. The second-order valence-corrected chi connectivity index (χ2v) is 8.14. The third-order valence-corrected chi connectivity index (χ3v) is 6.12. The minimum absolute atomic E-state index is 0.209. The number of phenols is 1. The highest BCUT2D eigenvalue weighted by molar-refractivity contribution is 6.00. The van der Waals surface area contributed by atoms with Crippen LogP contribution in [0, 0.1) is 0 Å². The van der Waals surface area contributed by atoms with E-state index in [1.165, 1.54) is 0 Å². The van der Waals surface area contributed by atoms with Crippen molar-refractivity contribution in [3.05, 3.63) is 109 Å². The number of aromatic hydroxyl groups is 1. The van der Waals surface area contributed by atoms with Gasteiger partial charge in [-0.25, -0.2) is 0 Å². The van der Waals surface area contributed by atoms with Gasteiger partial charge in [-0.3, -0.25) is 4.98 Å². The molecule has 0 aliphatic heterocycles. The number of hydrogen-bond acceptors (Lipinski definition) is 4. The molecule has 4 nitrogen and oxygen atoms in total. The van der Waals surface area contributed by atoms with Crippen LogP contribution in [0.3, 0.4) is 0 Å². The van der Waals surface area contributed by atoms with E-state index in [-0.39, 0.29) is 5.75 Å². The maximum absolute atomic E-state index is 12.0. The zero-order valence-corrected chi connectivity index (χ0v) is 19.6. The summed E-state index contributed by atoms with van der Waals surface area (Å²) in [6, 6.07) is 31.7. The van der Waals surface area contributed by atoms with Gasteiger partial charge in [0.15, 0.2) is 0 Å². The normalized spacial score (nSPS) is 10.7. The van der Waals surface area contributed by atoms with Gasteiger partial charge in [-0.05, 0) is 64.2 Å². The maximum Gasteiger partial charge on any atom is 0.132 e. The van der Waals surface area contributed by atoms with Gasteiger partial charge in [0, 0.05) is 29.1 Å². The molecular formula is C31H25NO3. The minimum Gasteiger partial charge on any atom is -0.507 e. The second-order valence-electron chi connectivity index (χ2n) is 8.14. The Bertz CT molecular complexity index is 1320. The van der Waals surface area contributed by atoms with Gasteiger partial charge in [-0.15, -0.1) is 0 Å². The van der Waals surface area contributed by atoms with Crippen molar-refractivity contribution in [1.82, 2.24) is 4.98 Å². The molecule has 5 aromatic rings. The average Bonchev–Trinajstić information content (AvgIpc) is 2.93. The number of methoxy groups -OCH3 is 2. The van der Waals surface area contributed by atoms with Gasteiger partial charge < -0.3 is 14.6 Å². The summed E-state index contributed by atoms with van der Waals surface area (Å²) in [5, 5.41) is 12.0. The predicted octanol–water partition coefficient (Wildman–Crippen LogP) is 7.47. The quantitative estimate of drug-likeness (QED) is 0.286. The van der Waals surface area contributed by atoms with Gasteiger partial charge in [0.05, 0.1) is 14.2 Å². The van der Waals surface area contributed by atoms with Gasteiger partial charge in [0.1, 0.15) is 17.2 Å². The van der Waals surface area contributed by atoms with Crippen molar-refractivity contribution in [3.63, 3.8) is 0 Å². The highest BCUT2D eigenvalue weighted by Gasteiger charge is 2.22. The molecule has 0 amide bonds. The van der Waals surface area contributed by atoms with Gasteiger partial charge in [-0.2, -0.15) is 0 Å². The Labute approximate surface area is 205 Å². The lowest BCUT2D eigenvalue weighted by Crippen LogP contribution is -1.95. The van der Waals surface area contributed by atoms with Crippen molar-refractivity contribution in [2.75, 3.05) is 14.2 Å². The molecule has 0 atom stereocenters. The van der Waals surface area contributed by atoms with Crippen LogP contribution in [0.15, 0.2) is 109 Å². The number of ether oxygens (including phenoxy) is 2. The summed E-state index contributed by atoms with van der Waals surface area (Å²) in [6.07, 6.45) is 3.57. The van der Waals surface area contributed by atoms with Crippen LogP contribution in [0.1, 0.15) is 0 Å². The Morgan fingerprint density at radius 2 is 1.09 bits per heavy atom. The monoisotopic (exact) mass is 459 g/mol. The number of nitrogens with zero attached hydrogens (tertiary/aromatic N) is 1. The molecule has 0 saturated heterocycles. The smallest absolute Gasteiger partial charge is 0.132 e. The zero-order chi connectivity index (χ0) is 24.2. The van der Waals surface area contributed by atoms with Crippen LogP contribution in [0.2, 0.25) is 0 Å². The summed E-state index contributed by atoms with van der Waals surface area (Å²) in [7, 11) is 3.29. The third-order valence-electron chi connectivity index (χ3n) is 6.12. The summed E-state index contributed by atoms with van der Waals surface area (Å²) in [5.74, 6) is 1.73.